The van der Waals surface area contributed by atoms with E-state index in [1.165, 1.54) is 0 Å². The Balaban J connectivity index is 2.30. The lowest BCUT2D eigenvalue weighted by molar-refractivity contribution is -0.123. The summed E-state index contributed by atoms with van der Waals surface area (Å²) in [7, 11) is 1.60. The maximum absolute atomic E-state index is 12.1. The summed E-state index contributed by atoms with van der Waals surface area (Å²) in [6, 6.07) is 5.41. The highest BCUT2D eigenvalue weighted by Gasteiger charge is 2.20. The third-order valence-corrected chi connectivity index (χ3v) is 3.32. The molecule has 1 atom stereocenters. The van der Waals surface area contributed by atoms with Gasteiger partial charge in [0.15, 0.2) is 0 Å². The standard InChI is InChI=1S/C14H20N4O2/c1-9-5-4-6-11-12(9)17-14(15)18(11)10(2)13(19)16-7-8-20-3/h4-6,10H,7-8H2,1-3H3,(H2,15,17)(H,16,19). The number of nitrogens with zero attached hydrogens (tertiary/aromatic N) is 2. The highest BCUT2D eigenvalue weighted by molar-refractivity contribution is 5.86. The van der Waals surface area contributed by atoms with E-state index < -0.39 is 6.04 Å². The minimum atomic E-state index is -0.418. The first kappa shape index (κ1) is 14.3. The van der Waals surface area contributed by atoms with E-state index in [9.17, 15) is 4.79 Å². The van der Waals surface area contributed by atoms with E-state index in [4.69, 9.17) is 10.5 Å². The van der Waals surface area contributed by atoms with Crippen molar-refractivity contribution < 1.29 is 9.53 Å². The molecule has 0 saturated carbocycles. The number of methoxy groups -OCH3 is 1. The number of nitrogen functional groups attached to an aromatic ring is 1. The molecule has 0 saturated heterocycles. The second-order valence-electron chi connectivity index (χ2n) is 4.74. The van der Waals surface area contributed by atoms with Crippen LogP contribution in [0.15, 0.2) is 18.2 Å². The van der Waals surface area contributed by atoms with Gasteiger partial charge in [-0.05, 0) is 25.5 Å². The molecule has 1 amide bonds. The average Bonchev–Trinajstić information content (AvgIpc) is 2.76. The molecule has 0 aliphatic heterocycles. The molecule has 1 heterocycles. The number of aromatic nitrogens is 2. The molecule has 0 aliphatic carbocycles. The van der Waals surface area contributed by atoms with Crippen molar-refractivity contribution in [1.29, 1.82) is 0 Å². The van der Waals surface area contributed by atoms with Crippen molar-refractivity contribution in [1.82, 2.24) is 14.9 Å². The maximum atomic E-state index is 12.1. The predicted octanol–water partition coefficient (Wildman–Crippen LogP) is 1.25. The van der Waals surface area contributed by atoms with Crippen LogP contribution in [-0.4, -0.2) is 35.7 Å². The number of rotatable bonds is 5. The molecular formula is C14H20N4O2. The summed E-state index contributed by atoms with van der Waals surface area (Å²) in [6.45, 7) is 4.74. The number of anilines is 1. The molecule has 2 aromatic rings. The van der Waals surface area contributed by atoms with Crippen molar-refractivity contribution in [3.05, 3.63) is 23.8 Å². The Kier molecular flexibility index (Phi) is 4.24. The number of benzene rings is 1. The van der Waals surface area contributed by atoms with Crippen LogP contribution in [0.4, 0.5) is 5.95 Å². The molecule has 1 aromatic heterocycles. The van der Waals surface area contributed by atoms with Crippen molar-refractivity contribution >= 4 is 22.9 Å². The van der Waals surface area contributed by atoms with E-state index in [1.54, 1.807) is 11.7 Å². The maximum Gasteiger partial charge on any atom is 0.242 e. The van der Waals surface area contributed by atoms with Crippen LogP contribution in [0.5, 0.6) is 0 Å². The Hall–Kier alpha value is -2.08. The van der Waals surface area contributed by atoms with Gasteiger partial charge in [0.2, 0.25) is 11.9 Å². The minimum Gasteiger partial charge on any atom is -0.383 e. The molecular weight excluding hydrogens is 256 g/mol. The van der Waals surface area contributed by atoms with Gasteiger partial charge in [0.25, 0.3) is 0 Å². The molecule has 20 heavy (non-hydrogen) atoms. The highest BCUT2D eigenvalue weighted by atomic mass is 16.5. The lowest BCUT2D eigenvalue weighted by atomic mass is 10.2. The summed E-state index contributed by atoms with van der Waals surface area (Å²) in [4.78, 5) is 16.5. The number of nitrogens with two attached hydrogens (primary N) is 1. The van der Waals surface area contributed by atoms with Crippen LogP contribution in [0.1, 0.15) is 18.5 Å². The van der Waals surface area contributed by atoms with E-state index in [2.05, 4.69) is 10.3 Å². The lowest BCUT2D eigenvalue weighted by Gasteiger charge is -2.15. The monoisotopic (exact) mass is 276 g/mol. The first-order valence-corrected chi connectivity index (χ1v) is 6.56. The van der Waals surface area contributed by atoms with Crippen LogP contribution < -0.4 is 11.1 Å². The fraction of sp³-hybridized carbons (Fsp3) is 0.429. The van der Waals surface area contributed by atoms with Gasteiger partial charge in [0.1, 0.15) is 6.04 Å². The topological polar surface area (TPSA) is 82.2 Å². The van der Waals surface area contributed by atoms with Gasteiger partial charge < -0.3 is 15.8 Å². The molecule has 3 N–H and O–H groups in total. The van der Waals surface area contributed by atoms with Gasteiger partial charge in [-0.1, -0.05) is 12.1 Å². The second-order valence-corrected chi connectivity index (χ2v) is 4.74. The Bertz CT molecular complexity index is 621. The van der Waals surface area contributed by atoms with Crippen molar-refractivity contribution in [2.24, 2.45) is 0 Å². The summed E-state index contributed by atoms with van der Waals surface area (Å²) in [5.41, 5.74) is 8.71. The van der Waals surface area contributed by atoms with Crippen LogP contribution in [0, 0.1) is 6.92 Å². The average molecular weight is 276 g/mol. The van der Waals surface area contributed by atoms with Crippen LogP contribution in [0.2, 0.25) is 0 Å². The second kappa shape index (κ2) is 5.92. The smallest absolute Gasteiger partial charge is 0.242 e. The molecule has 0 radical (unpaired) electrons. The molecule has 0 spiro atoms. The van der Waals surface area contributed by atoms with Crippen molar-refractivity contribution in [2.45, 2.75) is 19.9 Å². The molecule has 1 unspecified atom stereocenters. The van der Waals surface area contributed by atoms with E-state index >= 15 is 0 Å². The first-order valence-electron chi connectivity index (χ1n) is 6.56. The lowest BCUT2D eigenvalue weighted by Crippen LogP contribution is -2.33. The van der Waals surface area contributed by atoms with Crippen molar-refractivity contribution in [3.8, 4) is 0 Å². The quantitative estimate of drug-likeness (QED) is 0.805. The third kappa shape index (κ3) is 2.60. The molecule has 0 aliphatic rings. The summed E-state index contributed by atoms with van der Waals surface area (Å²) in [6.07, 6.45) is 0. The van der Waals surface area contributed by atoms with Crippen molar-refractivity contribution in [2.75, 3.05) is 26.0 Å². The summed E-state index contributed by atoms with van der Waals surface area (Å²) >= 11 is 0. The van der Waals surface area contributed by atoms with E-state index in [1.807, 2.05) is 32.0 Å². The van der Waals surface area contributed by atoms with Gasteiger partial charge in [-0.25, -0.2) is 4.98 Å². The number of aryl methyl sites for hydroxylation is 1. The molecule has 2 rings (SSSR count). The number of hydrogen-bond donors (Lipinski definition) is 2. The van der Waals surface area contributed by atoms with Crippen LogP contribution in [-0.2, 0) is 9.53 Å². The minimum absolute atomic E-state index is 0.102. The van der Waals surface area contributed by atoms with Gasteiger partial charge in [-0.2, -0.15) is 0 Å². The molecule has 0 bridgehead atoms. The SMILES string of the molecule is COCCNC(=O)C(C)n1c(N)nc2c(C)cccc21. The molecule has 6 nitrogen and oxygen atoms in total. The number of nitrogens with one attached hydrogen (secondary N) is 1. The Morgan fingerprint density at radius 1 is 1.55 bits per heavy atom. The summed E-state index contributed by atoms with van der Waals surface area (Å²) < 4.78 is 6.67. The van der Waals surface area contributed by atoms with Crippen LogP contribution in [0.3, 0.4) is 0 Å². The number of ether oxygens (including phenoxy) is 1. The zero-order valence-corrected chi connectivity index (χ0v) is 12.0. The van der Waals surface area contributed by atoms with Gasteiger partial charge >= 0.3 is 0 Å². The molecule has 108 valence electrons. The van der Waals surface area contributed by atoms with Gasteiger partial charge in [-0.15, -0.1) is 0 Å². The number of carbonyl (C=O) groups is 1. The van der Waals surface area contributed by atoms with E-state index in [-0.39, 0.29) is 5.91 Å². The summed E-state index contributed by atoms with van der Waals surface area (Å²) in [5, 5.41) is 2.81. The fourth-order valence-electron chi connectivity index (χ4n) is 2.22. The number of fused-ring (bicyclic) bond motifs is 1. The van der Waals surface area contributed by atoms with Gasteiger partial charge in [0.05, 0.1) is 17.6 Å². The van der Waals surface area contributed by atoms with Crippen LogP contribution in [0.25, 0.3) is 11.0 Å². The predicted molar refractivity (Wildman–Crippen MR) is 78.5 cm³/mol. The zero-order chi connectivity index (χ0) is 14.7. The number of amides is 1. The Labute approximate surface area is 117 Å². The normalized spacial score (nSPS) is 12.6. The number of imidazole rings is 1. The zero-order valence-electron chi connectivity index (χ0n) is 12.0. The molecule has 6 heteroatoms. The third-order valence-electron chi connectivity index (χ3n) is 3.32. The molecule has 1 aromatic carbocycles. The Morgan fingerprint density at radius 3 is 3.00 bits per heavy atom. The number of para-hydroxylation sites is 1. The highest BCUT2D eigenvalue weighted by Crippen LogP contribution is 2.24. The molecule has 0 fully saturated rings. The Morgan fingerprint density at radius 2 is 2.30 bits per heavy atom. The van der Waals surface area contributed by atoms with E-state index in [0.29, 0.717) is 19.1 Å². The number of carbonyl (C=O) groups excluding carboxylic acids is 1. The van der Waals surface area contributed by atoms with Gasteiger partial charge in [-0.3, -0.25) is 9.36 Å². The first-order chi connectivity index (χ1) is 9.56. The largest absolute Gasteiger partial charge is 0.383 e. The van der Waals surface area contributed by atoms with E-state index in [0.717, 1.165) is 16.6 Å². The number of hydrogen-bond acceptors (Lipinski definition) is 4. The van der Waals surface area contributed by atoms with Crippen LogP contribution >= 0.6 is 0 Å². The summed E-state index contributed by atoms with van der Waals surface area (Å²) in [5.74, 6) is 0.248. The van der Waals surface area contributed by atoms with Crippen molar-refractivity contribution in [3.63, 3.8) is 0 Å². The van der Waals surface area contributed by atoms with Gasteiger partial charge in [0, 0.05) is 13.7 Å². The fourth-order valence-corrected chi connectivity index (χ4v) is 2.22.